The average Bonchev–Trinajstić information content (AvgIpc) is 3.72. The van der Waals surface area contributed by atoms with Gasteiger partial charge in [-0.1, -0.05) is 198 Å². The number of benzene rings is 9. The second-order valence-electron chi connectivity index (χ2n) is 18.6. The summed E-state index contributed by atoms with van der Waals surface area (Å²) in [4.78, 5) is 2.53. The smallest absolute Gasteiger partial charge is 0.180 e. The molecule has 9 aromatic rings. The Balaban J connectivity index is 1.17. The third kappa shape index (κ3) is 5.80. The highest BCUT2D eigenvalue weighted by molar-refractivity contribution is 7.22. The third-order valence-electron chi connectivity index (χ3n) is 13.7. The summed E-state index contributed by atoms with van der Waals surface area (Å²) in [5, 5.41) is 8.25. The van der Waals surface area contributed by atoms with Crippen LogP contribution in [0.5, 0.6) is 0 Å². The van der Waals surface area contributed by atoms with Crippen LogP contribution in [0.1, 0.15) is 51.3 Å². The van der Waals surface area contributed by atoms with E-state index in [1.54, 1.807) is 0 Å². The summed E-state index contributed by atoms with van der Waals surface area (Å²) >= 11 is 0. The van der Waals surface area contributed by atoms with Gasteiger partial charge in [0.25, 0.3) is 0 Å². The van der Waals surface area contributed by atoms with Crippen LogP contribution in [0, 0.1) is 0 Å². The third-order valence-corrected chi connectivity index (χ3v) is 18.5. The first-order valence-corrected chi connectivity index (χ1v) is 23.7. The monoisotopic (exact) mass is 799 g/mol. The number of rotatable bonds is 6. The molecule has 1 aliphatic carbocycles. The summed E-state index contributed by atoms with van der Waals surface area (Å²) < 4.78 is 0. The minimum atomic E-state index is -2.80. The zero-order chi connectivity index (χ0) is 41.5. The first-order chi connectivity index (χ1) is 29.6. The van der Waals surface area contributed by atoms with Crippen molar-refractivity contribution in [2.45, 2.75) is 45.4 Å². The lowest BCUT2D eigenvalue weighted by atomic mass is 9.82. The van der Waals surface area contributed by atoms with Crippen molar-refractivity contribution in [3.63, 3.8) is 0 Å². The molecule has 0 radical (unpaired) electrons. The molecule has 0 aromatic heterocycles. The van der Waals surface area contributed by atoms with Crippen LogP contribution in [-0.2, 0) is 10.8 Å². The predicted molar refractivity (Wildman–Crippen MR) is 263 cm³/mol. The van der Waals surface area contributed by atoms with Crippen LogP contribution in [0.4, 0.5) is 17.1 Å². The Bertz CT molecular complexity index is 3100. The van der Waals surface area contributed by atoms with Gasteiger partial charge in [-0.15, -0.1) is 0 Å². The topological polar surface area (TPSA) is 3.24 Å². The van der Waals surface area contributed by atoms with Gasteiger partial charge in [0.1, 0.15) is 0 Å². The number of fused-ring (bicyclic) bond motifs is 7. The maximum atomic E-state index is 2.56. The number of nitrogens with zero attached hydrogens (tertiary/aromatic N) is 1. The fraction of sp³-hybridized carbons (Fsp3) is 0.119. The second-order valence-corrected chi connectivity index (χ2v) is 22.3. The lowest BCUT2D eigenvalue weighted by Gasteiger charge is -2.35. The molecule has 0 amide bonds. The largest absolute Gasteiger partial charge is 0.310 e. The summed E-state index contributed by atoms with van der Waals surface area (Å²) in [6, 6.07) is 78.2. The molecular formula is C59H49NSi. The Morgan fingerprint density at radius 3 is 1.67 bits per heavy atom. The number of hydrogen-bond donors (Lipinski definition) is 0. The zero-order valence-electron chi connectivity index (χ0n) is 35.6. The van der Waals surface area contributed by atoms with E-state index in [2.05, 4.69) is 246 Å². The Morgan fingerprint density at radius 1 is 0.393 bits per heavy atom. The summed E-state index contributed by atoms with van der Waals surface area (Å²) in [5.74, 6) is 0. The quantitative estimate of drug-likeness (QED) is 0.151. The summed E-state index contributed by atoms with van der Waals surface area (Å²) in [7, 11) is -2.80. The number of hydrogen-bond acceptors (Lipinski definition) is 1. The van der Waals surface area contributed by atoms with E-state index in [-0.39, 0.29) is 10.8 Å². The van der Waals surface area contributed by atoms with Crippen molar-refractivity contribution in [2.75, 3.05) is 4.90 Å². The van der Waals surface area contributed by atoms with Crippen LogP contribution < -0.4 is 25.6 Å². The van der Waals surface area contributed by atoms with E-state index in [0.29, 0.717) is 0 Å². The fourth-order valence-corrected chi connectivity index (χ4v) is 15.8. The van der Waals surface area contributed by atoms with Gasteiger partial charge in [0.2, 0.25) is 0 Å². The fourth-order valence-electron chi connectivity index (χ4n) is 10.6. The molecule has 11 rings (SSSR count). The number of anilines is 3. The van der Waals surface area contributed by atoms with Crippen molar-refractivity contribution in [3.05, 3.63) is 223 Å². The van der Waals surface area contributed by atoms with E-state index < -0.39 is 8.07 Å². The zero-order valence-corrected chi connectivity index (χ0v) is 36.6. The Labute approximate surface area is 361 Å². The molecule has 0 bridgehead atoms. The standard InChI is InChI=1S/C59H49NSi/c1-58(2,3)44-36-47(38-49(37-44)61(48-19-7-6-8-20-48)56-25-15-12-22-52(56)53-23-13-16-26-57(53)61)60(46-33-34-51-50-21-11-14-24-54(50)59(4,5)55(51)39-46)45-31-29-41(30-32-45)43-28-27-40-17-9-10-18-42(40)35-43/h6-39H,1-5H3. The highest BCUT2D eigenvalue weighted by Gasteiger charge is 2.49. The van der Waals surface area contributed by atoms with E-state index in [1.165, 1.54) is 87.3 Å². The second kappa shape index (κ2) is 13.9. The molecule has 2 heteroatoms. The molecule has 1 nitrogen and oxygen atoms in total. The molecule has 294 valence electrons. The van der Waals surface area contributed by atoms with Gasteiger partial charge in [0, 0.05) is 22.5 Å². The van der Waals surface area contributed by atoms with Crippen molar-refractivity contribution in [1.82, 2.24) is 0 Å². The lowest BCUT2D eigenvalue weighted by molar-refractivity contribution is 0.591. The maximum Gasteiger partial charge on any atom is 0.180 e. The molecule has 61 heavy (non-hydrogen) atoms. The molecule has 0 N–H and O–H groups in total. The Kier molecular flexibility index (Phi) is 8.50. The van der Waals surface area contributed by atoms with Gasteiger partial charge >= 0.3 is 0 Å². The van der Waals surface area contributed by atoms with Crippen molar-refractivity contribution in [3.8, 4) is 33.4 Å². The van der Waals surface area contributed by atoms with Gasteiger partial charge < -0.3 is 4.90 Å². The maximum absolute atomic E-state index is 2.80. The summed E-state index contributed by atoms with van der Waals surface area (Å²) in [6.07, 6.45) is 0. The highest BCUT2D eigenvalue weighted by atomic mass is 28.3. The molecule has 0 saturated carbocycles. The lowest BCUT2D eigenvalue weighted by Crippen LogP contribution is -2.73. The van der Waals surface area contributed by atoms with E-state index >= 15 is 0 Å². The first-order valence-electron chi connectivity index (χ1n) is 21.7. The van der Waals surface area contributed by atoms with Gasteiger partial charge in [-0.25, -0.2) is 0 Å². The molecule has 1 aliphatic heterocycles. The van der Waals surface area contributed by atoms with Gasteiger partial charge in [-0.2, -0.15) is 0 Å². The normalized spacial score (nSPS) is 14.2. The van der Waals surface area contributed by atoms with Crippen molar-refractivity contribution in [1.29, 1.82) is 0 Å². The van der Waals surface area contributed by atoms with Crippen LogP contribution in [0.2, 0.25) is 0 Å². The molecule has 0 atom stereocenters. The molecule has 0 unspecified atom stereocenters. The molecular weight excluding hydrogens is 751 g/mol. The summed E-state index contributed by atoms with van der Waals surface area (Å²) in [5.41, 5.74) is 15.1. The van der Waals surface area contributed by atoms with E-state index in [1.807, 2.05) is 0 Å². The minimum absolute atomic E-state index is 0.109. The Morgan fingerprint density at radius 2 is 0.967 bits per heavy atom. The first kappa shape index (κ1) is 37.3. The molecule has 0 saturated heterocycles. The van der Waals surface area contributed by atoms with Crippen molar-refractivity contribution < 1.29 is 0 Å². The van der Waals surface area contributed by atoms with E-state index in [4.69, 9.17) is 0 Å². The van der Waals surface area contributed by atoms with Crippen LogP contribution >= 0.6 is 0 Å². The van der Waals surface area contributed by atoms with E-state index in [0.717, 1.165) is 11.4 Å². The minimum Gasteiger partial charge on any atom is -0.310 e. The molecule has 9 aromatic carbocycles. The van der Waals surface area contributed by atoms with Crippen LogP contribution in [0.25, 0.3) is 44.2 Å². The molecule has 0 fully saturated rings. The Hall–Kier alpha value is -6.74. The van der Waals surface area contributed by atoms with Crippen LogP contribution in [-0.4, -0.2) is 8.07 Å². The van der Waals surface area contributed by atoms with E-state index in [9.17, 15) is 0 Å². The average molecular weight is 800 g/mol. The molecule has 0 spiro atoms. The van der Waals surface area contributed by atoms with Crippen molar-refractivity contribution in [2.24, 2.45) is 0 Å². The van der Waals surface area contributed by atoms with Crippen molar-refractivity contribution >= 4 is 56.7 Å². The predicted octanol–water partition coefficient (Wildman–Crippen LogP) is 12.9. The van der Waals surface area contributed by atoms with Gasteiger partial charge in [-0.05, 0) is 129 Å². The van der Waals surface area contributed by atoms with Crippen LogP contribution in [0.3, 0.4) is 0 Å². The van der Waals surface area contributed by atoms with Gasteiger partial charge in [-0.3, -0.25) is 0 Å². The molecule has 1 heterocycles. The van der Waals surface area contributed by atoms with Crippen LogP contribution in [0.15, 0.2) is 206 Å². The van der Waals surface area contributed by atoms with Gasteiger partial charge in [0.05, 0.1) is 0 Å². The molecule has 2 aliphatic rings. The van der Waals surface area contributed by atoms with Gasteiger partial charge in [0.15, 0.2) is 8.07 Å². The SMILES string of the molecule is CC(C)(C)c1cc(N(c2ccc(-c3ccc4ccccc4c3)cc2)c2ccc3c(c2)C(C)(C)c2ccccc2-3)cc([Si]2(c3ccccc3)c3ccccc3-c3ccccc32)c1. The highest BCUT2D eigenvalue weighted by Crippen LogP contribution is 2.51. The summed E-state index contributed by atoms with van der Waals surface area (Å²) in [6.45, 7) is 11.8.